The highest BCUT2D eigenvalue weighted by Crippen LogP contribution is 2.22. The number of hydrogen-bond donors (Lipinski definition) is 1. The number of hydrogen-bond acceptors (Lipinski definition) is 2. The number of fused-ring (bicyclic) bond motifs is 1. The lowest BCUT2D eigenvalue weighted by Crippen LogP contribution is -2.28. The molecule has 2 aromatic carbocycles. The van der Waals surface area contributed by atoms with Gasteiger partial charge >= 0.3 is 0 Å². The van der Waals surface area contributed by atoms with Gasteiger partial charge in [-0.05, 0) is 48.1 Å². The molecule has 1 aliphatic rings. The Labute approximate surface area is 127 Å². The zero-order valence-electron chi connectivity index (χ0n) is 12.6. The zero-order chi connectivity index (χ0) is 14.5. The molecule has 0 heterocycles. The monoisotopic (exact) mass is 281 g/mol. The van der Waals surface area contributed by atoms with Crippen molar-refractivity contribution in [3.05, 3.63) is 65.2 Å². The summed E-state index contributed by atoms with van der Waals surface area (Å²) in [4.78, 5) is 0. The molecule has 0 fully saturated rings. The SMILES string of the molecule is CCCOc1cccc(CNC2Cc3ccccc3C2)c1. The highest BCUT2D eigenvalue weighted by atomic mass is 16.5. The second kappa shape index (κ2) is 6.77. The second-order valence-corrected chi connectivity index (χ2v) is 5.75. The van der Waals surface area contributed by atoms with Crippen LogP contribution in [0, 0.1) is 0 Å². The molecule has 1 N–H and O–H groups in total. The van der Waals surface area contributed by atoms with Gasteiger partial charge in [0.05, 0.1) is 6.61 Å². The van der Waals surface area contributed by atoms with E-state index in [1.54, 1.807) is 0 Å². The predicted octanol–water partition coefficient (Wildman–Crippen LogP) is 3.73. The van der Waals surface area contributed by atoms with Crippen molar-refractivity contribution in [2.24, 2.45) is 0 Å². The summed E-state index contributed by atoms with van der Waals surface area (Å²) >= 11 is 0. The molecule has 0 unspecified atom stereocenters. The van der Waals surface area contributed by atoms with Crippen LogP contribution in [0.3, 0.4) is 0 Å². The van der Waals surface area contributed by atoms with E-state index in [1.807, 2.05) is 6.07 Å². The van der Waals surface area contributed by atoms with Crippen LogP contribution in [0.5, 0.6) is 5.75 Å². The number of rotatable bonds is 6. The molecule has 0 bridgehead atoms. The van der Waals surface area contributed by atoms with Gasteiger partial charge in [0.15, 0.2) is 0 Å². The van der Waals surface area contributed by atoms with E-state index in [-0.39, 0.29) is 0 Å². The van der Waals surface area contributed by atoms with Gasteiger partial charge in [-0.1, -0.05) is 43.3 Å². The van der Waals surface area contributed by atoms with Gasteiger partial charge in [0.1, 0.15) is 5.75 Å². The average molecular weight is 281 g/mol. The van der Waals surface area contributed by atoms with Crippen LogP contribution in [0.4, 0.5) is 0 Å². The maximum Gasteiger partial charge on any atom is 0.119 e. The van der Waals surface area contributed by atoms with Crippen LogP contribution in [-0.2, 0) is 19.4 Å². The van der Waals surface area contributed by atoms with Crippen molar-refractivity contribution < 1.29 is 4.74 Å². The minimum absolute atomic E-state index is 0.558. The van der Waals surface area contributed by atoms with Gasteiger partial charge in [-0.15, -0.1) is 0 Å². The van der Waals surface area contributed by atoms with Gasteiger partial charge in [-0.3, -0.25) is 0 Å². The summed E-state index contributed by atoms with van der Waals surface area (Å²) in [6, 6.07) is 17.7. The summed E-state index contributed by atoms with van der Waals surface area (Å²) in [5.41, 5.74) is 4.28. The Morgan fingerprint density at radius 3 is 2.52 bits per heavy atom. The average Bonchev–Trinajstić information content (AvgIpc) is 2.94. The van der Waals surface area contributed by atoms with Crippen molar-refractivity contribution >= 4 is 0 Å². The summed E-state index contributed by atoms with van der Waals surface area (Å²) in [6.07, 6.45) is 3.33. The smallest absolute Gasteiger partial charge is 0.119 e. The normalized spacial score (nSPS) is 14.1. The van der Waals surface area contributed by atoms with E-state index >= 15 is 0 Å². The molecule has 21 heavy (non-hydrogen) atoms. The third kappa shape index (κ3) is 3.64. The number of benzene rings is 2. The Balaban J connectivity index is 1.54. The molecule has 0 atom stereocenters. The van der Waals surface area contributed by atoms with Crippen LogP contribution >= 0.6 is 0 Å². The predicted molar refractivity (Wildman–Crippen MR) is 86.7 cm³/mol. The Kier molecular flexibility index (Phi) is 4.56. The van der Waals surface area contributed by atoms with E-state index in [4.69, 9.17) is 4.74 Å². The molecule has 0 aliphatic heterocycles. The number of ether oxygens (including phenoxy) is 1. The fourth-order valence-corrected chi connectivity index (χ4v) is 2.93. The van der Waals surface area contributed by atoms with Gasteiger partial charge in [-0.2, -0.15) is 0 Å². The molecule has 0 amide bonds. The van der Waals surface area contributed by atoms with E-state index in [9.17, 15) is 0 Å². The lowest BCUT2D eigenvalue weighted by atomic mass is 10.1. The first-order valence-electron chi connectivity index (χ1n) is 7.87. The van der Waals surface area contributed by atoms with Crippen LogP contribution in [0.25, 0.3) is 0 Å². The molecular formula is C19H23NO. The van der Waals surface area contributed by atoms with Crippen LogP contribution in [0.2, 0.25) is 0 Å². The Bertz CT molecular complexity index is 569. The first-order valence-corrected chi connectivity index (χ1v) is 7.87. The minimum Gasteiger partial charge on any atom is -0.494 e. The highest BCUT2D eigenvalue weighted by Gasteiger charge is 2.19. The van der Waals surface area contributed by atoms with Crippen molar-refractivity contribution in [1.82, 2.24) is 5.32 Å². The van der Waals surface area contributed by atoms with Crippen molar-refractivity contribution in [2.75, 3.05) is 6.61 Å². The van der Waals surface area contributed by atoms with Gasteiger partial charge < -0.3 is 10.1 Å². The summed E-state index contributed by atoms with van der Waals surface area (Å²) in [6.45, 7) is 3.82. The standard InChI is InChI=1S/C19H23NO/c1-2-10-21-19-9-5-6-15(11-19)14-20-18-12-16-7-3-4-8-17(16)13-18/h3-9,11,18,20H,2,10,12-14H2,1H3. The van der Waals surface area contributed by atoms with Crippen LogP contribution in [0.15, 0.2) is 48.5 Å². The van der Waals surface area contributed by atoms with Crippen LogP contribution in [0.1, 0.15) is 30.0 Å². The minimum atomic E-state index is 0.558. The molecule has 0 saturated carbocycles. The first-order chi connectivity index (χ1) is 10.3. The van der Waals surface area contributed by atoms with Crippen molar-refractivity contribution in [1.29, 1.82) is 0 Å². The maximum absolute atomic E-state index is 5.69. The molecule has 2 heteroatoms. The molecule has 0 aromatic heterocycles. The van der Waals surface area contributed by atoms with Crippen molar-refractivity contribution in [2.45, 2.75) is 38.8 Å². The van der Waals surface area contributed by atoms with E-state index in [0.29, 0.717) is 6.04 Å². The molecule has 0 saturated heterocycles. The fraction of sp³-hybridized carbons (Fsp3) is 0.368. The summed E-state index contributed by atoms with van der Waals surface area (Å²) in [5.74, 6) is 0.978. The Morgan fingerprint density at radius 1 is 1.05 bits per heavy atom. The van der Waals surface area contributed by atoms with Crippen molar-refractivity contribution in [3.8, 4) is 5.75 Å². The number of nitrogens with one attached hydrogen (secondary N) is 1. The van der Waals surface area contributed by atoms with Crippen LogP contribution in [-0.4, -0.2) is 12.6 Å². The van der Waals surface area contributed by atoms with Gasteiger partial charge in [0.2, 0.25) is 0 Å². The highest BCUT2D eigenvalue weighted by molar-refractivity contribution is 5.33. The largest absolute Gasteiger partial charge is 0.494 e. The van der Waals surface area contributed by atoms with E-state index in [0.717, 1.165) is 38.2 Å². The maximum atomic E-state index is 5.69. The Hall–Kier alpha value is -1.80. The van der Waals surface area contributed by atoms with Crippen LogP contribution < -0.4 is 10.1 Å². The molecule has 2 nitrogen and oxygen atoms in total. The molecular weight excluding hydrogens is 258 g/mol. The van der Waals surface area contributed by atoms with Gasteiger partial charge in [0.25, 0.3) is 0 Å². The first kappa shape index (κ1) is 14.2. The molecule has 0 spiro atoms. The Morgan fingerprint density at radius 2 is 1.81 bits per heavy atom. The molecule has 1 aliphatic carbocycles. The summed E-state index contributed by atoms with van der Waals surface area (Å²) in [5, 5.41) is 3.67. The van der Waals surface area contributed by atoms with E-state index in [2.05, 4.69) is 54.7 Å². The molecule has 0 radical (unpaired) electrons. The van der Waals surface area contributed by atoms with Crippen molar-refractivity contribution in [3.63, 3.8) is 0 Å². The van der Waals surface area contributed by atoms with E-state index in [1.165, 1.54) is 16.7 Å². The third-order valence-corrected chi connectivity index (χ3v) is 4.02. The lowest BCUT2D eigenvalue weighted by molar-refractivity contribution is 0.317. The molecule has 110 valence electrons. The van der Waals surface area contributed by atoms with E-state index < -0.39 is 0 Å². The zero-order valence-corrected chi connectivity index (χ0v) is 12.6. The quantitative estimate of drug-likeness (QED) is 0.871. The third-order valence-electron chi connectivity index (χ3n) is 4.02. The lowest BCUT2D eigenvalue weighted by Gasteiger charge is -2.13. The molecule has 3 rings (SSSR count). The summed E-state index contributed by atoms with van der Waals surface area (Å²) < 4.78 is 5.69. The fourth-order valence-electron chi connectivity index (χ4n) is 2.93. The van der Waals surface area contributed by atoms with Gasteiger partial charge in [-0.25, -0.2) is 0 Å². The second-order valence-electron chi connectivity index (χ2n) is 5.75. The summed E-state index contributed by atoms with van der Waals surface area (Å²) in [7, 11) is 0. The molecule has 2 aromatic rings. The van der Waals surface area contributed by atoms with Gasteiger partial charge in [0, 0.05) is 12.6 Å². The topological polar surface area (TPSA) is 21.3 Å².